The third-order valence-electron chi connectivity index (χ3n) is 4.21. The second kappa shape index (κ2) is 11.3. The molecule has 2 aromatic rings. The molecule has 0 spiro atoms. The number of nitrogens with one attached hydrogen (secondary N) is 1. The fourth-order valence-corrected chi connectivity index (χ4v) is 3.10. The molecule has 2 amide bonds. The quantitative estimate of drug-likeness (QED) is 0.311. The van der Waals surface area contributed by atoms with Crippen LogP contribution in [0.5, 0.6) is 0 Å². The van der Waals surface area contributed by atoms with Crippen LogP contribution in [-0.2, 0) is 20.9 Å². The summed E-state index contributed by atoms with van der Waals surface area (Å²) in [6, 6.07) is 8.73. The molecule has 0 aliphatic heterocycles. The van der Waals surface area contributed by atoms with E-state index in [-0.39, 0.29) is 42.1 Å². The Labute approximate surface area is 187 Å². The molecule has 11 heteroatoms. The number of hydrogen-bond acceptors (Lipinski definition) is 6. The largest absolute Gasteiger partial charge is 0.459 e. The summed E-state index contributed by atoms with van der Waals surface area (Å²) >= 11 is 11.9. The standard InChI is InChI=1S/C20H19Cl2N3O6/c21-13-6-9-15(16(22)10-13)19(27)24-17(2-1-3-18(23)26)20(28)31-11-12-4-7-14(8-5-12)25(29)30/h4-10,17H,1-3,11H2,(H2,23,26)(H,24,27). The first-order valence-corrected chi connectivity index (χ1v) is 9.87. The zero-order valence-corrected chi connectivity index (χ0v) is 17.7. The van der Waals surface area contributed by atoms with Gasteiger partial charge in [0.2, 0.25) is 5.91 Å². The van der Waals surface area contributed by atoms with Crippen LogP contribution in [0, 0.1) is 10.1 Å². The van der Waals surface area contributed by atoms with Crippen molar-refractivity contribution in [3.05, 3.63) is 73.8 Å². The van der Waals surface area contributed by atoms with Crippen LogP contribution < -0.4 is 11.1 Å². The minimum absolute atomic E-state index is 0.0315. The second-order valence-electron chi connectivity index (χ2n) is 6.54. The lowest BCUT2D eigenvalue weighted by Gasteiger charge is -2.18. The average Bonchev–Trinajstić information content (AvgIpc) is 2.71. The molecule has 0 radical (unpaired) electrons. The SMILES string of the molecule is NC(=O)CCCC(NC(=O)c1ccc(Cl)cc1Cl)C(=O)OCc1ccc([N+](=O)[O-])cc1. The van der Waals surface area contributed by atoms with Gasteiger partial charge in [0.1, 0.15) is 12.6 Å². The number of primary amides is 1. The number of esters is 1. The monoisotopic (exact) mass is 467 g/mol. The highest BCUT2D eigenvalue weighted by molar-refractivity contribution is 6.36. The number of non-ortho nitro benzene ring substituents is 1. The number of nitro benzene ring substituents is 1. The Kier molecular flexibility index (Phi) is 8.77. The van der Waals surface area contributed by atoms with E-state index >= 15 is 0 Å². The van der Waals surface area contributed by atoms with E-state index in [0.29, 0.717) is 10.6 Å². The van der Waals surface area contributed by atoms with E-state index in [0.717, 1.165) is 0 Å². The average molecular weight is 468 g/mol. The number of carbonyl (C=O) groups is 3. The van der Waals surface area contributed by atoms with Gasteiger partial charge in [-0.3, -0.25) is 19.7 Å². The molecule has 3 N–H and O–H groups in total. The fraction of sp³-hybridized carbons (Fsp3) is 0.250. The Morgan fingerprint density at radius 3 is 2.39 bits per heavy atom. The molecule has 2 aromatic carbocycles. The van der Waals surface area contributed by atoms with Crippen LogP contribution >= 0.6 is 23.2 Å². The first-order chi connectivity index (χ1) is 14.7. The van der Waals surface area contributed by atoms with Gasteiger partial charge in [0, 0.05) is 23.6 Å². The maximum Gasteiger partial charge on any atom is 0.328 e. The van der Waals surface area contributed by atoms with Gasteiger partial charge in [-0.05, 0) is 48.7 Å². The number of carbonyl (C=O) groups excluding carboxylic acids is 3. The summed E-state index contributed by atoms with van der Waals surface area (Å²) in [7, 11) is 0. The van der Waals surface area contributed by atoms with Gasteiger partial charge in [-0.1, -0.05) is 23.2 Å². The third-order valence-corrected chi connectivity index (χ3v) is 4.76. The van der Waals surface area contributed by atoms with Gasteiger partial charge in [0.15, 0.2) is 0 Å². The molecule has 0 heterocycles. The third kappa shape index (κ3) is 7.54. The molecule has 164 valence electrons. The van der Waals surface area contributed by atoms with Crippen LogP contribution in [-0.4, -0.2) is 28.7 Å². The number of rotatable bonds is 10. The predicted octanol–water partition coefficient (Wildman–Crippen LogP) is 3.40. The fourth-order valence-electron chi connectivity index (χ4n) is 2.61. The van der Waals surface area contributed by atoms with Crippen molar-refractivity contribution in [3.8, 4) is 0 Å². The maximum atomic E-state index is 12.6. The molecular formula is C20H19Cl2N3O6. The molecule has 0 saturated carbocycles. The van der Waals surface area contributed by atoms with Crippen LogP contribution in [0.2, 0.25) is 10.0 Å². The van der Waals surface area contributed by atoms with Gasteiger partial charge < -0.3 is 15.8 Å². The van der Waals surface area contributed by atoms with E-state index in [4.69, 9.17) is 33.7 Å². The van der Waals surface area contributed by atoms with Crippen molar-refractivity contribution in [2.24, 2.45) is 5.73 Å². The minimum atomic E-state index is -1.06. The number of nitro groups is 1. The second-order valence-corrected chi connectivity index (χ2v) is 7.38. The molecular weight excluding hydrogens is 449 g/mol. The van der Waals surface area contributed by atoms with E-state index in [9.17, 15) is 24.5 Å². The van der Waals surface area contributed by atoms with Gasteiger partial charge in [-0.2, -0.15) is 0 Å². The Balaban J connectivity index is 2.06. The predicted molar refractivity (Wildman–Crippen MR) is 114 cm³/mol. The summed E-state index contributed by atoms with van der Waals surface area (Å²) in [6.07, 6.45) is 0.393. The number of halogens is 2. The summed E-state index contributed by atoms with van der Waals surface area (Å²) in [6.45, 7) is -0.152. The molecule has 0 saturated heterocycles. The van der Waals surface area contributed by atoms with Gasteiger partial charge in [-0.25, -0.2) is 4.79 Å². The lowest BCUT2D eigenvalue weighted by molar-refractivity contribution is -0.384. The van der Waals surface area contributed by atoms with Crippen LogP contribution in [0.15, 0.2) is 42.5 Å². The number of ether oxygens (including phenoxy) is 1. The van der Waals surface area contributed by atoms with E-state index in [1.54, 1.807) is 0 Å². The summed E-state index contributed by atoms with van der Waals surface area (Å²) in [4.78, 5) is 46.3. The van der Waals surface area contributed by atoms with Crippen molar-refractivity contribution < 1.29 is 24.0 Å². The molecule has 0 fully saturated rings. The molecule has 1 unspecified atom stereocenters. The number of amides is 2. The van der Waals surface area contributed by atoms with E-state index in [1.807, 2.05) is 0 Å². The highest BCUT2D eigenvalue weighted by Crippen LogP contribution is 2.21. The van der Waals surface area contributed by atoms with Gasteiger partial charge in [0.05, 0.1) is 15.5 Å². The molecule has 9 nitrogen and oxygen atoms in total. The first kappa shape index (κ1) is 24.1. The van der Waals surface area contributed by atoms with E-state index in [1.165, 1.54) is 42.5 Å². The zero-order valence-electron chi connectivity index (χ0n) is 16.2. The van der Waals surface area contributed by atoms with Gasteiger partial charge in [-0.15, -0.1) is 0 Å². The molecule has 2 rings (SSSR count). The summed E-state index contributed by atoms with van der Waals surface area (Å²) in [5.41, 5.74) is 5.69. The number of nitrogens with zero attached hydrogens (tertiary/aromatic N) is 1. The van der Waals surface area contributed by atoms with Gasteiger partial charge in [0.25, 0.3) is 11.6 Å². The molecule has 31 heavy (non-hydrogen) atoms. The highest BCUT2D eigenvalue weighted by Gasteiger charge is 2.24. The Morgan fingerprint density at radius 1 is 1.13 bits per heavy atom. The van der Waals surface area contributed by atoms with Crippen molar-refractivity contribution in [1.82, 2.24) is 5.32 Å². The number of nitrogens with two attached hydrogens (primary N) is 1. The topological polar surface area (TPSA) is 142 Å². The van der Waals surface area contributed by atoms with Crippen molar-refractivity contribution in [2.75, 3.05) is 0 Å². The molecule has 0 aromatic heterocycles. The lowest BCUT2D eigenvalue weighted by Crippen LogP contribution is -2.42. The van der Waals surface area contributed by atoms with Crippen LogP contribution in [0.3, 0.4) is 0 Å². The molecule has 1 atom stereocenters. The molecule has 0 bridgehead atoms. The number of hydrogen-bond donors (Lipinski definition) is 2. The minimum Gasteiger partial charge on any atom is -0.459 e. The van der Waals surface area contributed by atoms with Crippen molar-refractivity contribution in [3.63, 3.8) is 0 Å². The highest BCUT2D eigenvalue weighted by atomic mass is 35.5. The Hall–Kier alpha value is -3.17. The lowest BCUT2D eigenvalue weighted by atomic mass is 10.1. The maximum absolute atomic E-state index is 12.6. The van der Waals surface area contributed by atoms with Crippen molar-refractivity contribution in [1.29, 1.82) is 0 Å². The first-order valence-electron chi connectivity index (χ1n) is 9.11. The summed E-state index contributed by atoms with van der Waals surface area (Å²) in [5, 5.41) is 13.7. The smallest absolute Gasteiger partial charge is 0.328 e. The zero-order chi connectivity index (χ0) is 23.0. The summed E-state index contributed by atoms with van der Waals surface area (Å²) < 4.78 is 5.24. The molecule has 0 aliphatic rings. The van der Waals surface area contributed by atoms with E-state index < -0.39 is 28.7 Å². The van der Waals surface area contributed by atoms with Crippen LogP contribution in [0.25, 0.3) is 0 Å². The normalized spacial score (nSPS) is 11.4. The number of benzene rings is 2. The molecule has 0 aliphatic carbocycles. The summed E-state index contributed by atoms with van der Waals surface area (Å²) in [5.74, 6) is -1.88. The van der Waals surface area contributed by atoms with Crippen molar-refractivity contribution in [2.45, 2.75) is 31.9 Å². The van der Waals surface area contributed by atoms with Crippen molar-refractivity contribution >= 4 is 46.7 Å². The Bertz CT molecular complexity index is 981. The van der Waals surface area contributed by atoms with Gasteiger partial charge >= 0.3 is 5.97 Å². The Morgan fingerprint density at radius 2 is 1.81 bits per heavy atom. The van der Waals surface area contributed by atoms with Crippen LogP contribution in [0.1, 0.15) is 35.2 Å². The van der Waals surface area contributed by atoms with Crippen LogP contribution in [0.4, 0.5) is 5.69 Å². The van der Waals surface area contributed by atoms with E-state index in [2.05, 4.69) is 5.32 Å².